The van der Waals surface area contributed by atoms with Crippen LogP contribution in [0, 0.1) is 5.92 Å². The molecule has 1 N–H and O–H groups in total. The molecule has 0 saturated heterocycles. The van der Waals surface area contributed by atoms with Crippen molar-refractivity contribution in [3.05, 3.63) is 21.9 Å². The van der Waals surface area contributed by atoms with E-state index in [1.54, 1.807) is 10.4 Å². The Kier molecular flexibility index (Phi) is 1.74. The number of rotatable bonds is 2. The standard InChI is InChI=1S/C11H15NS/c1-7-6-10-9(4-5-13-10)11(7)12-8-2-3-8/h4-5,7-8,11-12H,2-3,6H2,1H3. The third-order valence-corrected chi connectivity index (χ3v) is 4.14. The van der Waals surface area contributed by atoms with E-state index in [-0.39, 0.29) is 0 Å². The molecule has 2 aliphatic rings. The van der Waals surface area contributed by atoms with Gasteiger partial charge >= 0.3 is 0 Å². The lowest BCUT2D eigenvalue weighted by Gasteiger charge is -2.17. The summed E-state index contributed by atoms with van der Waals surface area (Å²) in [6, 6.07) is 3.80. The molecular weight excluding hydrogens is 178 g/mol. The number of thiophene rings is 1. The fraction of sp³-hybridized carbons (Fsp3) is 0.636. The Morgan fingerprint density at radius 2 is 2.31 bits per heavy atom. The summed E-state index contributed by atoms with van der Waals surface area (Å²) in [5.41, 5.74) is 1.59. The van der Waals surface area contributed by atoms with Gasteiger partial charge in [0.1, 0.15) is 0 Å². The average molecular weight is 193 g/mol. The maximum atomic E-state index is 3.75. The van der Waals surface area contributed by atoms with E-state index >= 15 is 0 Å². The molecule has 1 fully saturated rings. The molecule has 1 saturated carbocycles. The maximum Gasteiger partial charge on any atom is 0.0362 e. The van der Waals surface area contributed by atoms with Gasteiger partial charge in [-0.3, -0.25) is 0 Å². The topological polar surface area (TPSA) is 12.0 Å². The van der Waals surface area contributed by atoms with E-state index in [2.05, 4.69) is 23.7 Å². The second-order valence-corrected chi connectivity index (χ2v) is 5.40. The monoisotopic (exact) mass is 193 g/mol. The summed E-state index contributed by atoms with van der Waals surface area (Å²) >= 11 is 1.93. The van der Waals surface area contributed by atoms with Crippen molar-refractivity contribution in [2.45, 2.75) is 38.3 Å². The zero-order chi connectivity index (χ0) is 8.84. The van der Waals surface area contributed by atoms with Crippen molar-refractivity contribution in [2.75, 3.05) is 0 Å². The van der Waals surface area contributed by atoms with Gasteiger partial charge in [0.05, 0.1) is 0 Å². The largest absolute Gasteiger partial charge is 0.307 e. The lowest BCUT2D eigenvalue weighted by atomic mass is 10.0. The van der Waals surface area contributed by atoms with Crippen LogP contribution in [-0.2, 0) is 6.42 Å². The second-order valence-electron chi connectivity index (χ2n) is 4.40. The van der Waals surface area contributed by atoms with Crippen LogP contribution in [0.25, 0.3) is 0 Å². The minimum absolute atomic E-state index is 0.661. The Labute approximate surface area is 83.2 Å². The summed E-state index contributed by atoms with van der Waals surface area (Å²) in [5, 5.41) is 5.99. The van der Waals surface area contributed by atoms with Gasteiger partial charge in [0.15, 0.2) is 0 Å². The predicted octanol–water partition coefficient (Wildman–Crippen LogP) is 2.73. The van der Waals surface area contributed by atoms with Crippen LogP contribution in [0.1, 0.15) is 36.2 Å². The summed E-state index contributed by atoms with van der Waals surface area (Å²) in [4.78, 5) is 1.62. The molecule has 0 bridgehead atoms. The minimum Gasteiger partial charge on any atom is -0.307 e. The molecule has 1 aromatic rings. The molecule has 0 spiro atoms. The third kappa shape index (κ3) is 1.32. The van der Waals surface area contributed by atoms with Crippen LogP contribution in [0.4, 0.5) is 0 Å². The molecular formula is C11H15NS. The van der Waals surface area contributed by atoms with Crippen LogP contribution < -0.4 is 5.32 Å². The summed E-state index contributed by atoms with van der Waals surface area (Å²) in [6.45, 7) is 2.37. The summed E-state index contributed by atoms with van der Waals surface area (Å²) < 4.78 is 0. The van der Waals surface area contributed by atoms with Gasteiger partial charge in [0, 0.05) is 17.0 Å². The quantitative estimate of drug-likeness (QED) is 0.761. The van der Waals surface area contributed by atoms with Crippen LogP contribution in [0.3, 0.4) is 0 Å². The Morgan fingerprint density at radius 3 is 3.08 bits per heavy atom. The first kappa shape index (κ1) is 8.01. The first-order valence-electron chi connectivity index (χ1n) is 5.17. The van der Waals surface area contributed by atoms with Crippen LogP contribution in [0.2, 0.25) is 0 Å². The normalized spacial score (nSPS) is 32.1. The second kappa shape index (κ2) is 2.82. The highest BCUT2D eigenvalue weighted by Gasteiger charge is 2.34. The van der Waals surface area contributed by atoms with Gasteiger partial charge in [-0.25, -0.2) is 0 Å². The van der Waals surface area contributed by atoms with Gasteiger partial charge in [-0.15, -0.1) is 11.3 Å². The van der Waals surface area contributed by atoms with Crippen molar-refractivity contribution in [3.8, 4) is 0 Å². The molecule has 0 aromatic carbocycles. The number of fused-ring (bicyclic) bond motifs is 1. The summed E-state index contributed by atoms with van der Waals surface area (Å²) in [6.07, 6.45) is 4.07. The molecule has 2 unspecified atom stereocenters. The predicted molar refractivity (Wildman–Crippen MR) is 56.1 cm³/mol. The van der Waals surface area contributed by atoms with Crippen molar-refractivity contribution in [3.63, 3.8) is 0 Å². The molecule has 2 aliphatic carbocycles. The Balaban J connectivity index is 1.84. The van der Waals surface area contributed by atoms with Crippen molar-refractivity contribution >= 4 is 11.3 Å². The van der Waals surface area contributed by atoms with Gasteiger partial charge in [-0.05, 0) is 42.2 Å². The number of hydrogen-bond acceptors (Lipinski definition) is 2. The fourth-order valence-corrected chi connectivity index (χ4v) is 3.34. The molecule has 70 valence electrons. The van der Waals surface area contributed by atoms with Crippen molar-refractivity contribution in [2.24, 2.45) is 5.92 Å². The Morgan fingerprint density at radius 1 is 1.46 bits per heavy atom. The molecule has 1 heterocycles. The lowest BCUT2D eigenvalue weighted by molar-refractivity contribution is 0.414. The smallest absolute Gasteiger partial charge is 0.0362 e. The Bertz CT molecular complexity index is 314. The summed E-state index contributed by atoms with van der Waals surface area (Å²) in [5.74, 6) is 0.808. The zero-order valence-electron chi connectivity index (χ0n) is 7.92. The molecule has 0 aliphatic heterocycles. The zero-order valence-corrected chi connectivity index (χ0v) is 8.73. The summed E-state index contributed by atoms with van der Waals surface area (Å²) in [7, 11) is 0. The third-order valence-electron chi connectivity index (χ3n) is 3.18. The number of hydrogen-bond donors (Lipinski definition) is 1. The van der Waals surface area contributed by atoms with E-state index in [9.17, 15) is 0 Å². The highest BCUT2D eigenvalue weighted by Crippen LogP contribution is 2.40. The van der Waals surface area contributed by atoms with E-state index < -0.39 is 0 Å². The van der Waals surface area contributed by atoms with Gasteiger partial charge < -0.3 is 5.32 Å². The molecule has 13 heavy (non-hydrogen) atoms. The van der Waals surface area contributed by atoms with E-state index in [4.69, 9.17) is 0 Å². The van der Waals surface area contributed by atoms with Crippen LogP contribution in [-0.4, -0.2) is 6.04 Å². The molecule has 1 aromatic heterocycles. The molecule has 0 amide bonds. The van der Waals surface area contributed by atoms with E-state index in [0.29, 0.717) is 6.04 Å². The lowest BCUT2D eigenvalue weighted by Crippen LogP contribution is -2.25. The SMILES string of the molecule is CC1Cc2sccc2C1NC1CC1. The van der Waals surface area contributed by atoms with Crippen molar-refractivity contribution in [1.29, 1.82) is 0 Å². The Hall–Kier alpha value is -0.340. The van der Waals surface area contributed by atoms with Gasteiger partial charge in [0.2, 0.25) is 0 Å². The van der Waals surface area contributed by atoms with Gasteiger partial charge in [0.25, 0.3) is 0 Å². The van der Waals surface area contributed by atoms with Crippen molar-refractivity contribution < 1.29 is 0 Å². The first-order valence-corrected chi connectivity index (χ1v) is 6.05. The molecule has 2 heteroatoms. The minimum atomic E-state index is 0.661. The highest BCUT2D eigenvalue weighted by molar-refractivity contribution is 7.10. The van der Waals surface area contributed by atoms with E-state index in [1.165, 1.54) is 19.3 Å². The first-order chi connectivity index (χ1) is 6.34. The number of nitrogens with one attached hydrogen (secondary N) is 1. The van der Waals surface area contributed by atoms with E-state index in [0.717, 1.165) is 12.0 Å². The fourth-order valence-electron chi connectivity index (χ4n) is 2.27. The molecule has 2 atom stereocenters. The van der Waals surface area contributed by atoms with Crippen molar-refractivity contribution in [1.82, 2.24) is 5.32 Å². The molecule has 0 radical (unpaired) electrons. The van der Waals surface area contributed by atoms with Crippen LogP contribution in [0.5, 0.6) is 0 Å². The average Bonchev–Trinajstić information content (AvgIpc) is 2.74. The molecule has 3 rings (SSSR count). The molecule has 1 nitrogen and oxygen atoms in total. The van der Waals surface area contributed by atoms with Crippen LogP contribution >= 0.6 is 11.3 Å². The maximum absolute atomic E-state index is 3.75. The van der Waals surface area contributed by atoms with Gasteiger partial charge in [-0.2, -0.15) is 0 Å². The van der Waals surface area contributed by atoms with Crippen LogP contribution in [0.15, 0.2) is 11.4 Å². The van der Waals surface area contributed by atoms with Gasteiger partial charge in [-0.1, -0.05) is 6.92 Å². The highest BCUT2D eigenvalue weighted by atomic mass is 32.1. The van der Waals surface area contributed by atoms with E-state index in [1.807, 2.05) is 11.3 Å².